The number of hydrogen-bond acceptors (Lipinski definition) is 6. The highest BCUT2D eigenvalue weighted by atomic mass is 16.5. The first kappa shape index (κ1) is 52.9. The van der Waals surface area contributed by atoms with E-state index in [4.69, 9.17) is 9.47 Å². The minimum absolute atomic E-state index is 0.0319. The molecule has 2 unspecified atom stereocenters. The van der Waals surface area contributed by atoms with E-state index in [1.54, 1.807) is 0 Å². The molecule has 54 heavy (non-hydrogen) atoms. The van der Waals surface area contributed by atoms with Crippen molar-refractivity contribution >= 4 is 11.9 Å². The van der Waals surface area contributed by atoms with Crippen molar-refractivity contribution in [2.45, 2.75) is 246 Å². The minimum Gasteiger partial charge on any atom is -0.465 e. The maximum absolute atomic E-state index is 12.6. The van der Waals surface area contributed by atoms with Gasteiger partial charge in [-0.3, -0.25) is 9.59 Å². The van der Waals surface area contributed by atoms with Crippen LogP contribution in [-0.2, 0) is 19.1 Å². The van der Waals surface area contributed by atoms with E-state index >= 15 is 0 Å². The quantitative estimate of drug-likeness (QED) is 0.0492. The van der Waals surface area contributed by atoms with E-state index in [1.165, 1.54) is 167 Å². The molecule has 0 aliphatic carbocycles. The zero-order valence-corrected chi connectivity index (χ0v) is 37.0. The van der Waals surface area contributed by atoms with Crippen molar-refractivity contribution in [1.82, 2.24) is 4.90 Å². The molecule has 322 valence electrons. The molecule has 1 N–H and O–H groups in total. The van der Waals surface area contributed by atoms with Crippen molar-refractivity contribution < 1.29 is 24.2 Å². The van der Waals surface area contributed by atoms with Gasteiger partial charge in [0.05, 0.1) is 19.8 Å². The van der Waals surface area contributed by atoms with Gasteiger partial charge < -0.3 is 19.5 Å². The fraction of sp³-hybridized carbons (Fsp3) is 0.958. The molecule has 0 saturated heterocycles. The molecule has 0 fully saturated rings. The average Bonchev–Trinajstić information content (AvgIpc) is 3.17. The number of hydrogen-bond donors (Lipinski definition) is 1. The van der Waals surface area contributed by atoms with Crippen LogP contribution in [0.3, 0.4) is 0 Å². The van der Waals surface area contributed by atoms with Crippen molar-refractivity contribution in [3.8, 4) is 0 Å². The van der Waals surface area contributed by atoms with E-state index in [9.17, 15) is 14.7 Å². The summed E-state index contributed by atoms with van der Waals surface area (Å²) in [6.07, 6.45) is 40.4. The molecule has 2 atom stereocenters. The fourth-order valence-corrected chi connectivity index (χ4v) is 7.73. The Hall–Kier alpha value is -1.14. The van der Waals surface area contributed by atoms with E-state index in [0.29, 0.717) is 44.4 Å². The number of carbonyl (C=O) groups is 2. The zero-order valence-electron chi connectivity index (χ0n) is 37.0. The van der Waals surface area contributed by atoms with Gasteiger partial charge in [0.15, 0.2) is 0 Å². The van der Waals surface area contributed by atoms with Crippen molar-refractivity contribution in [2.24, 2.45) is 11.8 Å². The highest BCUT2D eigenvalue weighted by molar-refractivity contribution is 5.69. The molecule has 0 aromatic carbocycles. The normalized spacial score (nSPS) is 12.7. The molecular weight excluding hydrogens is 671 g/mol. The lowest BCUT2D eigenvalue weighted by Gasteiger charge is -2.21. The van der Waals surface area contributed by atoms with E-state index in [0.717, 1.165) is 51.6 Å². The molecule has 0 aromatic rings. The van der Waals surface area contributed by atoms with Crippen LogP contribution >= 0.6 is 0 Å². The minimum atomic E-state index is -0.0340. The van der Waals surface area contributed by atoms with Crippen molar-refractivity contribution in [1.29, 1.82) is 0 Å². The zero-order chi connectivity index (χ0) is 39.6. The second-order valence-corrected chi connectivity index (χ2v) is 16.8. The second-order valence-electron chi connectivity index (χ2n) is 16.8. The van der Waals surface area contributed by atoms with Gasteiger partial charge >= 0.3 is 11.9 Å². The molecule has 0 amide bonds. The Kier molecular flexibility index (Phi) is 42.1. The summed E-state index contributed by atoms with van der Waals surface area (Å²) >= 11 is 0. The predicted octanol–water partition coefficient (Wildman–Crippen LogP) is 13.9. The Labute approximate surface area is 337 Å². The lowest BCUT2D eigenvalue weighted by molar-refractivity contribution is -0.146. The number of ether oxygens (including phenoxy) is 2. The number of esters is 2. The molecule has 0 radical (unpaired) electrons. The molecule has 6 heteroatoms. The van der Waals surface area contributed by atoms with Gasteiger partial charge in [-0.25, -0.2) is 0 Å². The number of unbranched alkanes of at least 4 members (excludes halogenated alkanes) is 22. The van der Waals surface area contributed by atoms with E-state index in [2.05, 4.69) is 32.6 Å². The first-order valence-electron chi connectivity index (χ1n) is 24.1. The maximum atomic E-state index is 12.6. The standard InChI is InChI=1S/C48H95NO5/c1-5-9-13-17-19-20-22-28-36-46(34-26-16-12-8-4)44-54-48(52)38-30-24-32-40-49(41-42-50)39-31-23-29-37-47(51)53-43-45(33-25-15-11-7-3)35-27-21-18-14-10-6-2/h45-46,50H,5-44H2,1-4H3. The summed E-state index contributed by atoms with van der Waals surface area (Å²) in [6, 6.07) is 0. The molecule has 0 aliphatic rings. The predicted molar refractivity (Wildman–Crippen MR) is 232 cm³/mol. The number of nitrogens with zero attached hydrogens (tertiary/aromatic N) is 1. The molecule has 0 rings (SSSR count). The third-order valence-corrected chi connectivity index (χ3v) is 11.5. The summed E-state index contributed by atoms with van der Waals surface area (Å²) in [5, 5.41) is 9.62. The van der Waals surface area contributed by atoms with Crippen molar-refractivity contribution in [3.05, 3.63) is 0 Å². The van der Waals surface area contributed by atoms with Crippen LogP contribution in [0.2, 0.25) is 0 Å². The third-order valence-electron chi connectivity index (χ3n) is 11.5. The Morgan fingerprint density at radius 2 is 0.704 bits per heavy atom. The highest BCUT2D eigenvalue weighted by Crippen LogP contribution is 2.22. The SMILES string of the molecule is CCCCCCCCCCC(CCCCCC)COC(=O)CCCCCN(CCO)CCCCCC(=O)OCC(CCCCCC)CCCCCCCC. The first-order chi connectivity index (χ1) is 26.5. The Balaban J connectivity index is 4.23. The summed E-state index contributed by atoms with van der Waals surface area (Å²) in [4.78, 5) is 27.5. The molecule has 0 spiro atoms. The Morgan fingerprint density at radius 1 is 0.407 bits per heavy atom. The maximum Gasteiger partial charge on any atom is 0.305 e. The topological polar surface area (TPSA) is 76.1 Å². The van der Waals surface area contributed by atoms with Gasteiger partial charge in [-0.15, -0.1) is 0 Å². The number of aliphatic hydroxyl groups excluding tert-OH is 1. The van der Waals surface area contributed by atoms with E-state index in [-0.39, 0.29) is 18.5 Å². The molecule has 0 aromatic heterocycles. The van der Waals surface area contributed by atoms with Crippen molar-refractivity contribution in [3.63, 3.8) is 0 Å². The van der Waals surface area contributed by atoms with Gasteiger partial charge in [0.2, 0.25) is 0 Å². The molecular formula is C48H95NO5. The summed E-state index contributed by atoms with van der Waals surface area (Å²) in [5.74, 6) is 0.964. The van der Waals surface area contributed by atoms with Crippen LogP contribution in [0.25, 0.3) is 0 Å². The van der Waals surface area contributed by atoms with Gasteiger partial charge in [0, 0.05) is 19.4 Å². The smallest absolute Gasteiger partial charge is 0.305 e. The summed E-state index contributed by atoms with van der Waals surface area (Å²) in [6.45, 7) is 13.0. The fourth-order valence-electron chi connectivity index (χ4n) is 7.73. The van der Waals surface area contributed by atoms with Crippen molar-refractivity contribution in [2.75, 3.05) is 39.5 Å². The largest absolute Gasteiger partial charge is 0.465 e. The number of aliphatic hydroxyl groups is 1. The van der Waals surface area contributed by atoms with Crippen LogP contribution in [0.1, 0.15) is 246 Å². The highest BCUT2D eigenvalue weighted by Gasteiger charge is 2.14. The monoisotopic (exact) mass is 766 g/mol. The summed E-state index contributed by atoms with van der Waals surface area (Å²) in [5.41, 5.74) is 0. The molecule has 0 saturated carbocycles. The van der Waals surface area contributed by atoms with Crippen LogP contribution in [0, 0.1) is 11.8 Å². The van der Waals surface area contributed by atoms with Crippen LogP contribution < -0.4 is 0 Å². The number of rotatable bonds is 44. The van der Waals surface area contributed by atoms with Crippen LogP contribution in [0.5, 0.6) is 0 Å². The van der Waals surface area contributed by atoms with E-state index < -0.39 is 0 Å². The third kappa shape index (κ3) is 37.8. The average molecular weight is 766 g/mol. The lowest BCUT2D eigenvalue weighted by Crippen LogP contribution is -2.29. The van der Waals surface area contributed by atoms with Gasteiger partial charge in [-0.05, 0) is 76.3 Å². The second kappa shape index (κ2) is 43.0. The molecule has 0 aliphatic heterocycles. The van der Waals surface area contributed by atoms with Crippen LogP contribution in [0.15, 0.2) is 0 Å². The Bertz CT molecular complexity index is 776. The molecule has 0 heterocycles. The first-order valence-corrected chi connectivity index (χ1v) is 24.1. The van der Waals surface area contributed by atoms with Crippen LogP contribution in [-0.4, -0.2) is 61.4 Å². The van der Waals surface area contributed by atoms with Gasteiger partial charge in [0.25, 0.3) is 0 Å². The summed E-state index contributed by atoms with van der Waals surface area (Å²) < 4.78 is 11.6. The lowest BCUT2D eigenvalue weighted by atomic mass is 9.95. The molecule has 6 nitrogen and oxygen atoms in total. The van der Waals surface area contributed by atoms with Gasteiger partial charge in [0.1, 0.15) is 0 Å². The van der Waals surface area contributed by atoms with E-state index in [1.807, 2.05) is 0 Å². The molecule has 0 bridgehead atoms. The summed E-state index contributed by atoms with van der Waals surface area (Å²) in [7, 11) is 0. The Morgan fingerprint density at radius 3 is 1.04 bits per heavy atom. The van der Waals surface area contributed by atoms with Crippen LogP contribution in [0.4, 0.5) is 0 Å². The number of carbonyl (C=O) groups excluding carboxylic acids is 2. The van der Waals surface area contributed by atoms with Gasteiger partial charge in [-0.1, -0.05) is 182 Å². The van der Waals surface area contributed by atoms with Gasteiger partial charge in [-0.2, -0.15) is 0 Å².